The Morgan fingerprint density at radius 3 is 2.33 bits per heavy atom. The highest BCUT2D eigenvalue weighted by atomic mass is 32.2. The van der Waals surface area contributed by atoms with Gasteiger partial charge in [0.25, 0.3) is 0 Å². The van der Waals surface area contributed by atoms with Crippen LogP contribution in [0, 0.1) is 18.8 Å². The second-order valence-corrected chi connectivity index (χ2v) is 9.91. The normalized spacial score (nSPS) is 11.4. The molecule has 0 heterocycles. The minimum Gasteiger partial charge on any atom is -0.497 e. The summed E-state index contributed by atoms with van der Waals surface area (Å²) in [6, 6.07) is 32.5. The monoisotopic (exact) mass is 534 g/mol. The number of methoxy groups -OCH3 is 1. The van der Waals surface area contributed by atoms with Gasteiger partial charge in [0.15, 0.2) is 6.61 Å². The van der Waals surface area contributed by atoms with Crippen LogP contribution in [0.5, 0.6) is 11.5 Å². The zero-order chi connectivity index (χ0) is 27.5. The molecule has 1 unspecified atom stereocenters. The van der Waals surface area contributed by atoms with Crippen molar-refractivity contribution in [1.82, 2.24) is 0 Å². The van der Waals surface area contributed by atoms with Crippen LogP contribution in [-0.4, -0.2) is 30.5 Å². The van der Waals surface area contributed by atoms with Crippen LogP contribution in [0.25, 0.3) is 11.1 Å². The van der Waals surface area contributed by atoms with E-state index in [0.717, 1.165) is 33.1 Å². The summed E-state index contributed by atoms with van der Waals surface area (Å²) in [5.74, 6) is 7.87. The summed E-state index contributed by atoms with van der Waals surface area (Å²) < 4.78 is 10.6. The third-order valence-electron chi connectivity index (χ3n) is 6.01. The maximum absolute atomic E-state index is 10.8. The number of thioether (sulfide) groups is 1. The summed E-state index contributed by atoms with van der Waals surface area (Å²) in [5.41, 5.74) is 5.34. The number of carbonyl (C=O) groups is 1. The fourth-order valence-corrected chi connectivity index (χ4v) is 4.76. The molecule has 1 N–H and O–H groups in total. The van der Waals surface area contributed by atoms with Crippen LogP contribution in [0.4, 0.5) is 0 Å². The molecule has 0 fully saturated rings. The van der Waals surface area contributed by atoms with Crippen molar-refractivity contribution in [1.29, 1.82) is 0 Å². The van der Waals surface area contributed by atoms with Crippen molar-refractivity contribution in [2.75, 3.05) is 19.5 Å². The van der Waals surface area contributed by atoms with Crippen LogP contribution in [0.2, 0.25) is 0 Å². The van der Waals surface area contributed by atoms with E-state index in [1.807, 2.05) is 67.6 Å². The van der Waals surface area contributed by atoms with E-state index in [1.54, 1.807) is 18.9 Å². The van der Waals surface area contributed by atoms with Crippen LogP contribution in [0.3, 0.4) is 0 Å². The average Bonchev–Trinajstić information content (AvgIpc) is 2.97. The molecule has 0 spiro atoms. The van der Waals surface area contributed by atoms with E-state index in [2.05, 4.69) is 60.4 Å². The first-order valence-corrected chi connectivity index (χ1v) is 13.6. The van der Waals surface area contributed by atoms with Gasteiger partial charge >= 0.3 is 5.97 Å². The lowest BCUT2D eigenvalue weighted by Crippen LogP contribution is -2.09. The minimum absolute atomic E-state index is 0.0638. The highest BCUT2D eigenvalue weighted by molar-refractivity contribution is 7.99. The Bertz CT molecular complexity index is 1460. The smallest absolute Gasteiger partial charge is 0.341 e. The van der Waals surface area contributed by atoms with Crippen LogP contribution >= 0.6 is 11.8 Å². The van der Waals surface area contributed by atoms with Gasteiger partial charge in [-0.1, -0.05) is 78.6 Å². The molecule has 0 amide bonds. The number of hydrogen-bond donors (Lipinski definition) is 1. The van der Waals surface area contributed by atoms with E-state index >= 15 is 0 Å². The van der Waals surface area contributed by atoms with Crippen molar-refractivity contribution in [3.05, 3.63) is 126 Å². The molecule has 0 aliphatic carbocycles. The van der Waals surface area contributed by atoms with Gasteiger partial charge in [0.05, 0.1) is 13.0 Å². The molecule has 1 atom stereocenters. The van der Waals surface area contributed by atoms with Crippen molar-refractivity contribution in [3.8, 4) is 34.5 Å². The second kappa shape index (κ2) is 13.9. The molecule has 4 rings (SSSR count). The van der Waals surface area contributed by atoms with E-state index in [4.69, 9.17) is 14.6 Å². The predicted molar refractivity (Wildman–Crippen MR) is 159 cm³/mol. The Balaban J connectivity index is 1.48. The predicted octanol–water partition coefficient (Wildman–Crippen LogP) is 7.62. The molecule has 0 bridgehead atoms. The van der Waals surface area contributed by atoms with E-state index in [1.165, 1.54) is 11.1 Å². The lowest BCUT2D eigenvalue weighted by molar-refractivity contribution is -0.139. The van der Waals surface area contributed by atoms with Gasteiger partial charge in [0, 0.05) is 16.2 Å². The molecule has 0 saturated heterocycles. The maximum Gasteiger partial charge on any atom is 0.341 e. The highest BCUT2D eigenvalue weighted by Gasteiger charge is 2.07. The topological polar surface area (TPSA) is 55.8 Å². The lowest BCUT2D eigenvalue weighted by atomic mass is 9.96. The van der Waals surface area contributed by atoms with Gasteiger partial charge in [-0.05, 0) is 71.6 Å². The average molecular weight is 535 g/mol. The molecule has 39 heavy (non-hydrogen) atoms. The quantitative estimate of drug-likeness (QED) is 0.129. The second-order valence-electron chi connectivity index (χ2n) is 8.81. The van der Waals surface area contributed by atoms with E-state index in [9.17, 15) is 4.79 Å². The molecule has 0 radical (unpaired) electrons. The van der Waals surface area contributed by atoms with Crippen LogP contribution in [0.15, 0.2) is 114 Å². The molecule has 0 saturated carbocycles. The van der Waals surface area contributed by atoms with Gasteiger partial charge in [-0.25, -0.2) is 4.79 Å². The largest absolute Gasteiger partial charge is 0.497 e. The SMILES string of the molecule is COc1ccc(C#CC(/C=C\CSc2ccc(OCC(=O)O)c(C)c2)c2ccc(-c3ccccc3)cc2)cc1. The van der Waals surface area contributed by atoms with Crippen molar-refractivity contribution >= 4 is 17.7 Å². The van der Waals surface area contributed by atoms with Gasteiger partial charge < -0.3 is 14.6 Å². The Kier molecular flexibility index (Phi) is 9.88. The first kappa shape index (κ1) is 27.6. The Labute approximate surface area is 234 Å². The van der Waals surface area contributed by atoms with E-state index in [-0.39, 0.29) is 12.5 Å². The standard InChI is InChI=1S/C34H30O4S/c1-25-23-32(20-21-33(25)38-24-34(35)36)39-22-6-9-28(13-10-26-11-18-31(37-2)19-12-26)30-16-14-29(15-17-30)27-7-4-3-5-8-27/h3-9,11-12,14-21,23,28H,22,24H2,1-2H3,(H,35,36)/b9-6-. The molecule has 196 valence electrons. The van der Waals surface area contributed by atoms with Crippen LogP contribution in [-0.2, 0) is 4.79 Å². The molecule has 0 aromatic heterocycles. The Morgan fingerprint density at radius 1 is 0.949 bits per heavy atom. The van der Waals surface area contributed by atoms with Gasteiger partial charge in [-0.3, -0.25) is 0 Å². The third-order valence-corrected chi connectivity index (χ3v) is 6.96. The number of carboxylic acids is 1. The fourth-order valence-electron chi connectivity index (χ4n) is 3.94. The molecule has 4 aromatic rings. The number of aryl methyl sites for hydroxylation is 1. The maximum atomic E-state index is 10.8. The summed E-state index contributed by atoms with van der Waals surface area (Å²) in [6.45, 7) is 1.57. The summed E-state index contributed by atoms with van der Waals surface area (Å²) in [4.78, 5) is 11.9. The summed E-state index contributed by atoms with van der Waals surface area (Å²) in [6.07, 6.45) is 4.30. The molecule has 0 aliphatic heterocycles. The van der Waals surface area contributed by atoms with Gasteiger partial charge in [-0.2, -0.15) is 0 Å². The van der Waals surface area contributed by atoms with Gasteiger partial charge in [0.2, 0.25) is 0 Å². The van der Waals surface area contributed by atoms with Crippen molar-refractivity contribution in [2.45, 2.75) is 17.7 Å². The number of benzene rings is 4. The molecule has 5 heteroatoms. The van der Waals surface area contributed by atoms with Gasteiger partial charge in [-0.15, -0.1) is 11.8 Å². The first-order valence-electron chi connectivity index (χ1n) is 12.6. The Hall–Kier alpha value is -4.40. The summed E-state index contributed by atoms with van der Waals surface area (Å²) in [7, 11) is 1.65. The zero-order valence-corrected chi connectivity index (χ0v) is 22.8. The lowest BCUT2D eigenvalue weighted by Gasteiger charge is -2.09. The third kappa shape index (κ3) is 8.29. The number of hydrogen-bond acceptors (Lipinski definition) is 4. The highest BCUT2D eigenvalue weighted by Crippen LogP contribution is 2.27. The number of rotatable bonds is 10. The van der Waals surface area contributed by atoms with Crippen LogP contribution in [0.1, 0.15) is 22.6 Å². The fraction of sp³-hybridized carbons (Fsp3) is 0.147. The van der Waals surface area contributed by atoms with Crippen molar-refractivity contribution in [2.24, 2.45) is 0 Å². The minimum atomic E-state index is -0.989. The molecular weight excluding hydrogens is 504 g/mol. The number of carboxylic acid groups (broad SMARTS) is 1. The Morgan fingerprint density at radius 2 is 1.67 bits per heavy atom. The number of ether oxygens (including phenoxy) is 2. The van der Waals surface area contributed by atoms with Gasteiger partial charge in [0.1, 0.15) is 11.5 Å². The summed E-state index contributed by atoms with van der Waals surface area (Å²) in [5, 5.41) is 8.83. The molecule has 4 nitrogen and oxygen atoms in total. The zero-order valence-electron chi connectivity index (χ0n) is 22.0. The number of aliphatic carboxylic acids is 1. The van der Waals surface area contributed by atoms with E-state index in [0.29, 0.717) is 5.75 Å². The molecule has 4 aromatic carbocycles. The molecular formula is C34H30O4S. The molecule has 0 aliphatic rings. The number of allylic oxidation sites excluding steroid dienone is 1. The summed E-state index contributed by atoms with van der Waals surface area (Å²) >= 11 is 1.70. The van der Waals surface area contributed by atoms with Crippen molar-refractivity contribution < 1.29 is 19.4 Å². The van der Waals surface area contributed by atoms with Crippen molar-refractivity contribution in [3.63, 3.8) is 0 Å². The van der Waals surface area contributed by atoms with Crippen LogP contribution < -0.4 is 9.47 Å². The van der Waals surface area contributed by atoms with E-state index < -0.39 is 5.97 Å². The first-order chi connectivity index (χ1) is 19.0.